The fraction of sp³-hybridized carbons (Fsp3) is 0.333. The third-order valence-electron chi connectivity index (χ3n) is 6.04. The van der Waals surface area contributed by atoms with Crippen molar-refractivity contribution in [2.24, 2.45) is 10.7 Å². The van der Waals surface area contributed by atoms with Crippen LogP contribution in [0, 0.1) is 11.2 Å². The molecule has 1 aromatic carbocycles. The minimum atomic E-state index is -0.302. The Labute approximate surface area is 197 Å². The highest BCUT2D eigenvalue weighted by Crippen LogP contribution is 2.22. The average molecular weight is 465 g/mol. The van der Waals surface area contributed by atoms with Crippen molar-refractivity contribution in [3.05, 3.63) is 65.7 Å². The summed E-state index contributed by atoms with van der Waals surface area (Å²) in [6.07, 6.45) is 8.02. The summed E-state index contributed by atoms with van der Waals surface area (Å²) in [6.45, 7) is 2.09. The number of carbonyl (C=O) groups excluding carboxylic acids is 1. The molecule has 9 nitrogen and oxygen atoms in total. The maximum atomic E-state index is 13.9. The predicted molar refractivity (Wildman–Crippen MR) is 131 cm³/mol. The fourth-order valence-electron chi connectivity index (χ4n) is 4.19. The molecule has 178 valence electrons. The number of carbonyl (C=O) groups is 1. The molecule has 3 aliphatic heterocycles. The number of hydrogen-bond donors (Lipinski definition) is 5. The average Bonchev–Trinajstić information content (AvgIpc) is 2.87. The number of halogens is 1. The second kappa shape index (κ2) is 10.9. The first-order chi connectivity index (χ1) is 16.5. The SMILES string of the molecule is N=Cc1cnc(N=C(N)/C=C\NCC(=O)N2CC3CCC2CN3)cc1NCc1ccccc1F. The molecule has 2 aromatic rings. The number of amides is 1. The highest BCUT2D eigenvalue weighted by atomic mass is 19.1. The first-order valence-electron chi connectivity index (χ1n) is 11.3. The maximum Gasteiger partial charge on any atom is 0.242 e. The van der Waals surface area contributed by atoms with E-state index >= 15 is 0 Å². The monoisotopic (exact) mass is 464 g/mol. The lowest BCUT2D eigenvalue weighted by atomic mass is 9.93. The van der Waals surface area contributed by atoms with Crippen LogP contribution in [0.2, 0.25) is 0 Å². The third-order valence-corrected chi connectivity index (χ3v) is 6.04. The van der Waals surface area contributed by atoms with Crippen molar-refractivity contribution in [1.29, 1.82) is 5.41 Å². The van der Waals surface area contributed by atoms with E-state index in [1.54, 1.807) is 36.5 Å². The van der Waals surface area contributed by atoms with Crippen LogP contribution in [-0.4, -0.2) is 59.6 Å². The molecule has 0 saturated carbocycles. The minimum absolute atomic E-state index is 0.0748. The zero-order valence-electron chi connectivity index (χ0n) is 18.8. The molecule has 6 N–H and O–H groups in total. The molecule has 5 rings (SSSR count). The Hall–Kier alpha value is -3.79. The topological polar surface area (TPSA) is 132 Å². The molecule has 2 atom stereocenters. The zero-order chi connectivity index (χ0) is 23.9. The quantitative estimate of drug-likeness (QED) is 0.284. The Kier molecular flexibility index (Phi) is 7.48. The van der Waals surface area contributed by atoms with Crippen LogP contribution >= 0.6 is 0 Å². The van der Waals surface area contributed by atoms with Gasteiger partial charge in [-0.3, -0.25) is 4.79 Å². The molecule has 3 saturated heterocycles. The largest absolute Gasteiger partial charge is 0.384 e. The van der Waals surface area contributed by atoms with Gasteiger partial charge in [0.2, 0.25) is 5.91 Å². The van der Waals surface area contributed by atoms with Gasteiger partial charge in [-0.05, 0) is 25.0 Å². The summed E-state index contributed by atoms with van der Waals surface area (Å²) in [5.74, 6) is 0.322. The molecular weight excluding hydrogens is 435 g/mol. The predicted octanol–water partition coefficient (Wildman–Crippen LogP) is 1.89. The van der Waals surface area contributed by atoms with E-state index in [1.807, 2.05) is 4.90 Å². The molecule has 2 bridgehead atoms. The number of rotatable bonds is 9. The van der Waals surface area contributed by atoms with Crippen molar-refractivity contribution in [3.63, 3.8) is 0 Å². The van der Waals surface area contributed by atoms with Gasteiger partial charge in [-0.15, -0.1) is 0 Å². The van der Waals surface area contributed by atoms with Gasteiger partial charge in [-0.25, -0.2) is 14.4 Å². The summed E-state index contributed by atoms with van der Waals surface area (Å²) >= 11 is 0. The first kappa shape index (κ1) is 23.4. The smallest absolute Gasteiger partial charge is 0.242 e. The minimum Gasteiger partial charge on any atom is -0.384 e. The highest BCUT2D eigenvalue weighted by Gasteiger charge is 2.35. The van der Waals surface area contributed by atoms with Crippen molar-refractivity contribution < 1.29 is 9.18 Å². The van der Waals surface area contributed by atoms with E-state index in [4.69, 9.17) is 11.1 Å². The van der Waals surface area contributed by atoms with Gasteiger partial charge in [0.25, 0.3) is 0 Å². The maximum absolute atomic E-state index is 13.9. The summed E-state index contributed by atoms with van der Waals surface area (Å²) in [4.78, 5) is 22.9. The van der Waals surface area contributed by atoms with Crippen LogP contribution < -0.4 is 21.7 Å². The number of benzene rings is 1. The van der Waals surface area contributed by atoms with E-state index in [1.165, 1.54) is 18.5 Å². The molecule has 1 aromatic heterocycles. The van der Waals surface area contributed by atoms with Gasteiger partial charge >= 0.3 is 0 Å². The van der Waals surface area contributed by atoms with E-state index in [2.05, 4.69) is 25.9 Å². The zero-order valence-corrected chi connectivity index (χ0v) is 18.8. The van der Waals surface area contributed by atoms with Gasteiger partial charge < -0.3 is 32.0 Å². The van der Waals surface area contributed by atoms with E-state index < -0.39 is 0 Å². The van der Waals surface area contributed by atoms with Crippen LogP contribution in [-0.2, 0) is 11.3 Å². The standard InChI is InChI=1S/C24H29FN8O/c25-20-4-2-1-3-16(20)11-30-21-9-23(31-12-17(21)10-26)32-22(27)7-8-28-14-24(34)33-15-18-5-6-19(33)13-29-18/h1-4,7-10,12,18-19,26,28-29H,5-6,11,13-15H2,(H3,27,30,31,32)/b8-7-,26-10?. The summed E-state index contributed by atoms with van der Waals surface area (Å²) in [5.41, 5.74) is 7.64. The van der Waals surface area contributed by atoms with Gasteiger partial charge in [0.15, 0.2) is 5.82 Å². The van der Waals surface area contributed by atoms with Crippen molar-refractivity contribution in [2.75, 3.05) is 25.0 Å². The Morgan fingerprint density at radius 2 is 2.24 bits per heavy atom. The molecule has 0 aliphatic carbocycles. The number of anilines is 1. The molecule has 0 radical (unpaired) electrons. The number of pyridine rings is 1. The second-order valence-electron chi connectivity index (χ2n) is 8.35. The lowest BCUT2D eigenvalue weighted by Gasteiger charge is -2.45. The number of nitrogens with zero attached hydrogens (tertiary/aromatic N) is 3. The van der Waals surface area contributed by atoms with Gasteiger partial charge in [-0.2, -0.15) is 0 Å². The van der Waals surface area contributed by atoms with Crippen LogP contribution in [0.1, 0.15) is 24.0 Å². The van der Waals surface area contributed by atoms with E-state index in [0.717, 1.165) is 25.9 Å². The van der Waals surface area contributed by atoms with Crippen LogP contribution in [0.25, 0.3) is 0 Å². The molecule has 0 spiro atoms. The number of nitrogens with two attached hydrogens (primary N) is 1. The van der Waals surface area contributed by atoms with Crippen molar-refractivity contribution in [1.82, 2.24) is 20.5 Å². The summed E-state index contributed by atoms with van der Waals surface area (Å²) in [5, 5.41) is 17.1. The number of fused-ring (bicyclic) bond motifs is 3. The highest BCUT2D eigenvalue weighted by molar-refractivity contribution is 5.93. The summed E-state index contributed by atoms with van der Waals surface area (Å²) < 4.78 is 13.9. The number of aliphatic imine (C=N–C) groups is 1. The number of aromatic nitrogens is 1. The Balaban J connectivity index is 1.32. The van der Waals surface area contributed by atoms with E-state index in [0.29, 0.717) is 28.7 Å². The fourth-order valence-corrected chi connectivity index (χ4v) is 4.19. The first-order valence-corrected chi connectivity index (χ1v) is 11.3. The molecule has 3 fully saturated rings. The van der Waals surface area contributed by atoms with Gasteiger partial charge in [0, 0.05) is 73.2 Å². The molecular formula is C24H29FN8O. The lowest BCUT2D eigenvalue weighted by Crippen LogP contribution is -2.63. The Bertz CT molecular complexity index is 1090. The van der Waals surface area contributed by atoms with Crippen molar-refractivity contribution in [2.45, 2.75) is 31.5 Å². The number of nitrogens with one attached hydrogen (secondary N) is 4. The lowest BCUT2D eigenvalue weighted by molar-refractivity contribution is -0.136. The molecule has 3 aliphatic rings. The number of hydrogen-bond acceptors (Lipinski definition) is 7. The van der Waals surface area contributed by atoms with Crippen LogP contribution in [0.4, 0.5) is 15.9 Å². The summed E-state index contributed by atoms with van der Waals surface area (Å²) in [6, 6.07) is 8.84. The summed E-state index contributed by atoms with van der Waals surface area (Å²) in [7, 11) is 0. The Morgan fingerprint density at radius 1 is 1.38 bits per heavy atom. The van der Waals surface area contributed by atoms with Crippen molar-refractivity contribution in [3.8, 4) is 0 Å². The Morgan fingerprint density at radius 3 is 2.94 bits per heavy atom. The second-order valence-corrected chi connectivity index (χ2v) is 8.35. The molecule has 4 heterocycles. The van der Waals surface area contributed by atoms with Crippen molar-refractivity contribution >= 4 is 29.5 Å². The molecule has 2 unspecified atom stereocenters. The number of piperazine rings is 1. The molecule has 34 heavy (non-hydrogen) atoms. The third kappa shape index (κ3) is 5.76. The van der Waals surface area contributed by atoms with Gasteiger partial charge in [-0.1, -0.05) is 18.2 Å². The number of amidine groups is 1. The van der Waals surface area contributed by atoms with E-state index in [-0.39, 0.29) is 36.7 Å². The van der Waals surface area contributed by atoms with Crippen LogP contribution in [0.5, 0.6) is 0 Å². The van der Waals surface area contributed by atoms with E-state index in [9.17, 15) is 9.18 Å². The van der Waals surface area contributed by atoms with Crippen LogP contribution in [0.3, 0.4) is 0 Å². The normalized spacial score (nSPS) is 19.9. The molecule has 10 heteroatoms. The van der Waals surface area contributed by atoms with Gasteiger partial charge in [0.1, 0.15) is 11.7 Å². The molecule has 1 amide bonds. The number of piperidine rings is 2. The van der Waals surface area contributed by atoms with Gasteiger partial charge in [0.05, 0.1) is 6.54 Å². The van der Waals surface area contributed by atoms with Crippen LogP contribution in [0.15, 0.2) is 53.8 Å².